The number of pyridine rings is 1. The maximum absolute atomic E-state index is 13.6. The van der Waals surface area contributed by atoms with Gasteiger partial charge in [-0.3, -0.25) is 4.79 Å². The van der Waals surface area contributed by atoms with Gasteiger partial charge in [0, 0.05) is 17.7 Å². The van der Waals surface area contributed by atoms with E-state index in [4.69, 9.17) is 4.74 Å². The van der Waals surface area contributed by atoms with Gasteiger partial charge in [0.25, 0.3) is 5.56 Å². The van der Waals surface area contributed by atoms with E-state index in [0.717, 1.165) is 6.07 Å². The predicted octanol–water partition coefficient (Wildman–Crippen LogP) is 1.90. The van der Waals surface area contributed by atoms with Crippen molar-refractivity contribution in [2.24, 2.45) is 0 Å². The van der Waals surface area contributed by atoms with Crippen LogP contribution in [-0.2, 0) is 0 Å². The van der Waals surface area contributed by atoms with Crippen LogP contribution in [0.4, 0.5) is 4.39 Å². The van der Waals surface area contributed by atoms with E-state index in [2.05, 4.69) is 4.98 Å². The molecule has 0 aliphatic carbocycles. The topological polar surface area (TPSA) is 62.3 Å². The lowest BCUT2D eigenvalue weighted by molar-refractivity contribution is 0.414. The van der Waals surface area contributed by atoms with Crippen LogP contribution in [0.1, 0.15) is 0 Å². The number of halogens is 1. The molecule has 1 aromatic carbocycles. The summed E-state index contributed by atoms with van der Waals surface area (Å²) in [4.78, 5) is 13.6. The largest absolute Gasteiger partial charge is 0.508 e. The van der Waals surface area contributed by atoms with Gasteiger partial charge in [-0.2, -0.15) is 0 Å². The number of hydrogen-bond acceptors (Lipinski definition) is 3. The number of methoxy groups -OCH3 is 1. The maximum Gasteiger partial charge on any atom is 0.252 e. The van der Waals surface area contributed by atoms with Crippen LogP contribution in [0.3, 0.4) is 0 Å². The van der Waals surface area contributed by atoms with Gasteiger partial charge in [-0.15, -0.1) is 0 Å². The van der Waals surface area contributed by atoms with Crippen LogP contribution < -0.4 is 10.3 Å². The summed E-state index contributed by atoms with van der Waals surface area (Å²) >= 11 is 0. The molecule has 0 amide bonds. The van der Waals surface area contributed by atoms with E-state index in [0.29, 0.717) is 5.75 Å². The van der Waals surface area contributed by atoms with E-state index in [9.17, 15) is 14.3 Å². The highest BCUT2D eigenvalue weighted by molar-refractivity contribution is 5.63. The molecule has 5 heteroatoms. The Morgan fingerprint density at radius 1 is 1.29 bits per heavy atom. The minimum Gasteiger partial charge on any atom is -0.508 e. The molecule has 0 radical (unpaired) electrons. The van der Waals surface area contributed by atoms with Crippen molar-refractivity contribution in [2.45, 2.75) is 0 Å². The minimum absolute atomic E-state index is 0.164. The fourth-order valence-corrected chi connectivity index (χ4v) is 1.51. The van der Waals surface area contributed by atoms with Crippen LogP contribution in [0.25, 0.3) is 11.3 Å². The first-order chi connectivity index (χ1) is 8.10. The van der Waals surface area contributed by atoms with Gasteiger partial charge < -0.3 is 14.8 Å². The lowest BCUT2D eigenvalue weighted by atomic mass is 10.1. The van der Waals surface area contributed by atoms with Crippen molar-refractivity contribution < 1.29 is 14.2 Å². The van der Waals surface area contributed by atoms with Crippen LogP contribution in [0.15, 0.2) is 35.1 Å². The smallest absolute Gasteiger partial charge is 0.252 e. The number of benzene rings is 1. The third-order valence-electron chi connectivity index (χ3n) is 2.29. The zero-order valence-corrected chi connectivity index (χ0v) is 9.03. The van der Waals surface area contributed by atoms with Crippen molar-refractivity contribution in [1.29, 1.82) is 0 Å². The molecule has 0 saturated heterocycles. The molecule has 0 unspecified atom stereocenters. The Hall–Kier alpha value is -2.30. The van der Waals surface area contributed by atoms with Crippen molar-refractivity contribution in [1.82, 2.24) is 4.98 Å². The summed E-state index contributed by atoms with van der Waals surface area (Å²) in [6.45, 7) is 0. The number of ether oxygens (including phenoxy) is 1. The number of aromatic hydroxyl groups is 1. The summed E-state index contributed by atoms with van der Waals surface area (Å²) in [5.41, 5.74) is -0.133. The molecular weight excluding hydrogens is 225 g/mol. The summed E-state index contributed by atoms with van der Waals surface area (Å²) in [5, 5.41) is 9.30. The second kappa shape index (κ2) is 4.29. The van der Waals surface area contributed by atoms with E-state index in [1.54, 1.807) is 0 Å². The molecule has 17 heavy (non-hydrogen) atoms. The normalized spacial score (nSPS) is 10.2. The number of rotatable bonds is 2. The molecule has 0 saturated carbocycles. The summed E-state index contributed by atoms with van der Waals surface area (Å²) in [6.07, 6.45) is 0. The van der Waals surface area contributed by atoms with Crippen molar-refractivity contribution in [3.8, 4) is 22.8 Å². The average Bonchev–Trinajstić information content (AvgIpc) is 2.28. The first-order valence-electron chi connectivity index (χ1n) is 4.87. The molecule has 1 aromatic heterocycles. The van der Waals surface area contributed by atoms with E-state index in [1.165, 1.54) is 31.4 Å². The van der Waals surface area contributed by atoms with Gasteiger partial charge in [0.2, 0.25) is 0 Å². The summed E-state index contributed by atoms with van der Waals surface area (Å²) in [7, 11) is 1.46. The third-order valence-corrected chi connectivity index (χ3v) is 2.29. The Labute approximate surface area is 96.3 Å². The molecule has 2 aromatic rings. The number of aromatic nitrogens is 1. The summed E-state index contributed by atoms with van der Waals surface area (Å²) in [6, 6.07) is 6.44. The fraction of sp³-hybridized carbons (Fsp3) is 0.0833. The number of H-pyrrole nitrogens is 1. The van der Waals surface area contributed by atoms with Crippen molar-refractivity contribution in [3.05, 3.63) is 46.5 Å². The lowest BCUT2D eigenvalue weighted by Gasteiger charge is -2.06. The second-order valence-electron chi connectivity index (χ2n) is 3.46. The van der Waals surface area contributed by atoms with Crippen LogP contribution in [-0.4, -0.2) is 17.2 Å². The Balaban J connectivity index is 2.62. The molecule has 2 N–H and O–H groups in total. The highest BCUT2D eigenvalue weighted by Crippen LogP contribution is 2.26. The zero-order valence-electron chi connectivity index (χ0n) is 9.03. The van der Waals surface area contributed by atoms with Gasteiger partial charge in [0.05, 0.1) is 12.8 Å². The molecule has 0 fully saturated rings. The SMILES string of the molecule is COc1ccc(F)c(-c2cc(O)cc(=O)[nH]2)c1. The fourth-order valence-electron chi connectivity index (χ4n) is 1.51. The van der Waals surface area contributed by atoms with Gasteiger partial charge >= 0.3 is 0 Å². The van der Waals surface area contributed by atoms with Crippen LogP contribution >= 0.6 is 0 Å². The van der Waals surface area contributed by atoms with Crippen LogP contribution in [0, 0.1) is 5.82 Å². The number of aromatic amines is 1. The quantitative estimate of drug-likeness (QED) is 0.835. The first-order valence-corrected chi connectivity index (χ1v) is 4.87. The molecular formula is C12H10FNO3. The van der Waals surface area contributed by atoms with Gasteiger partial charge in [-0.05, 0) is 18.2 Å². The van der Waals surface area contributed by atoms with Crippen molar-refractivity contribution in [2.75, 3.05) is 7.11 Å². The summed E-state index contributed by atoms with van der Waals surface area (Å²) in [5.74, 6) is -0.261. The van der Waals surface area contributed by atoms with Crippen LogP contribution in [0.2, 0.25) is 0 Å². The molecule has 0 aliphatic rings. The highest BCUT2D eigenvalue weighted by Gasteiger charge is 2.08. The maximum atomic E-state index is 13.6. The zero-order chi connectivity index (χ0) is 12.4. The standard InChI is InChI=1S/C12H10FNO3/c1-17-8-2-3-10(13)9(6-8)11-4-7(15)5-12(16)14-11/h2-6H,1H3,(H2,14,15,16). The van der Waals surface area contributed by atoms with E-state index >= 15 is 0 Å². The van der Waals surface area contributed by atoms with Crippen molar-refractivity contribution >= 4 is 0 Å². The summed E-state index contributed by atoms with van der Waals surface area (Å²) < 4.78 is 18.6. The Morgan fingerprint density at radius 2 is 2.06 bits per heavy atom. The minimum atomic E-state index is -0.507. The molecule has 1 heterocycles. The Bertz CT molecular complexity index is 607. The molecule has 2 rings (SSSR count). The van der Waals surface area contributed by atoms with Gasteiger partial charge in [0.1, 0.15) is 17.3 Å². The van der Waals surface area contributed by atoms with Gasteiger partial charge in [0.15, 0.2) is 0 Å². The second-order valence-corrected chi connectivity index (χ2v) is 3.46. The molecule has 0 spiro atoms. The van der Waals surface area contributed by atoms with Gasteiger partial charge in [-0.25, -0.2) is 4.39 Å². The first kappa shape index (κ1) is 11.2. The number of hydrogen-bond donors (Lipinski definition) is 2. The third kappa shape index (κ3) is 2.28. The van der Waals surface area contributed by atoms with E-state index in [1.807, 2.05) is 0 Å². The predicted molar refractivity (Wildman–Crippen MR) is 60.7 cm³/mol. The molecule has 0 bridgehead atoms. The van der Waals surface area contributed by atoms with Gasteiger partial charge in [-0.1, -0.05) is 0 Å². The van der Waals surface area contributed by atoms with Crippen LogP contribution in [0.5, 0.6) is 11.5 Å². The Morgan fingerprint density at radius 3 is 2.71 bits per heavy atom. The molecule has 88 valence electrons. The average molecular weight is 235 g/mol. The van der Waals surface area contributed by atoms with Crippen molar-refractivity contribution in [3.63, 3.8) is 0 Å². The van der Waals surface area contributed by atoms with E-state index in [-0.39, 0.29) is 17.0 Å². The molecule has 0 aliphatic heterocycles. The Kier molecular flexibility index (Phi) is 2.82. The highest BCUT2D eigenvalue weighted by atomic mass is 19.1. The molecule has 0 atom stereocenters. The number of nitrogens with one attached hydrogen (secondary N) is 1. The molecule has 4 nitrogen and oxygen atoms in total. The lowest BCUT2D eigenvalue weighted by Crippen LogP contribution is -2.04. The van der Waals surface area contributed by atoms with E-state index < -0.39 is 11.4 Å². The monoisotopic (exact) mass is 235 g/mol.